The van der Waals surface area contributed by atoms with Crippen LogP contribution in [0.4, 0.5) is 8.78 Å². The maximum Gasteiger partial charge on any atom is 0.132 e. The van der Waals surface area contributed by atoms with Gasteiger partial charge in [-0.2, -0.15) is 0 Å². The summed E-state index contributed by atoms with van der Waals surface area (Å²) in [5, 5.41) is 3.91. The quantitative estimate of drug-likeness (QED) is 0.270. The Morgan fingerprint density at radius 2 is 1.71 bits per heavy atom. The predicted octanol–water partition coefficient (Wildman–Crippen LogP) is 6.87. The Kier molecular flexibility index (Phi) is 8.98. The van der Waals surface area contributed by atoms with E-state index in [4.69, 9.17) is 5.73 Å². The van der Waals surface area contributed by atoms with Gasteiger partial charge in [0.15, 0.2) is 0 Å². The Hall–Kier alpha value is -3.90. The Morgan fingerprint density at radius 3 is 2.34 bits per heavy atom. The molecule has 3 N–H and O–H groups in total. The number of halogens is 2. The monoisotopic (exact) mass is 514 g/mol. The highest BCUT2D eigenvalue weighted by Gasteiger charge is 2.22. The number of nitrogens with one attached hydrogen (secondary N) is 1. The molecular formula is C32H36F2N4. The number of nitrogens with two attached hydrogens (primary N) is 1. The zero-order valence-corrected chi connectivity index (χ0v) is 21.9. The van der Waals surface area contributed by atoms with Crippen molar-refractivity contribution in [3.8, 4) is 0 Å². The molecule has 0 amide bonds. The van der Waals surface area contributed by atoms with Gasteiger partial charge in [-0.25, -0.2) is 8.78 Å². The number of hydrogen-bond donors (Lipinski definition) is 2. The van der Waals surface area contributed by atoms with Crippen LogP contribution >= 0.6 is 0 Å². The molecule has 0 aliphatic carbocycles. The number of likely N-dealkylation sites (tertiary alicyclic amines) is 1. The van der Waals surface area contributed by atoms with E-state index in [0.717, 1.165) is 16.8 Å². The molecule has 1 aliphatic heterocycles. The van der Waals surface area contributed by atoms with Crippen LogP contribution in [0.25, 0.3) is 10.9 Å². The summed E-state index contributed by atoms with van der Waals surface area (Å²) in [5.41, 5.74) is 11.2. The van der Waals surface area contributed by atoms with E-state index in [1.54, 1.807) is 18.3 Å². The van der Waals surface area contributed by atoms with Crippen molar-refractivity contribution in [2.45, 2.75) is 38.1 Å². The number of alkyl halides is 1. The molecule has 3 unspecified atom stereocenters. The lowest BCUT2D eigenvalue weighted by molar-refractivity contribution is 0.318. The van der Waals surface area contributed by atoms with Crippen molar-refractivity contribution in [3.63, 3.8) is 0 Å². The minimum atomic E-state index is -0.754. The van der Waals surface area contributed by atoms with Crippen LogP contribution in [-0.4, -0.2) is 28.7 Å². The molecule has 0 saturated carbocycles. The molecule has 3 aromatic carbocycles. The molecule has 38 heavy (non-hydrogen) atoms. The average molecular weight is 515 g/mol. The molecule has 0 radical (unpaired) electrons. The number of nitrogens with zero attached hydrogens (tertiary/aromatic N) is 2. The molecule has 0 spiro atoms. The summed E-state index contributed by atoms with van der Waals surface area (Å²) in [6, 6.07) is 25.7. The van der Waals surface area contributed by atoms with Gasteiger partial charge in [-0.1, -0.05) is 73.8 Å². The van der Waals surface area contributed by atoms with E-state index in [1.165, 1.54) is 17.2 Å². The molecule has 6 heteroatoms. The third-order valence-electron chi connectivity index (χ3n) is 6.90. The summed E-state index contributed by atoms with van der Waals surface area (Å²) in [5.74, 6) is -0.216. The highest BCUT2D eigenvalue weighted by atomic mass is 19.1. The van der Waals surface area contributed by atoms with E-state index in [-0.39, 0.29) is 17.9 Å². The summed E-state index contributed by atoms with van der Waals surface area (Å²) in [6.07, 6.45) is 3.40. The van der Waals surface area contributed by atoms with Gasteiger partial charge in [-0.05, 0) is 54.4 Å². The fourth-order valence-electron chi connectivity index (χ4n) is 4.77. The van der Waals surface area contributed by atoms with E-state index >= 15 is 0 Å². The summed E-state index contributed by atoms with van der Waals surface area (Å²) in [4.78, 5) is 1.97. The SMILES string of the molecule is C=C(Cn1ccc2c(F)cccc21)N1CCC(F)C1.C=CNC(c1ccccc1)c1ccc(C(C)N)cc1. The zero-order chi connectivity index (χ0) is 27.1. The van der Waals surface area contributed by atoms with Crippen LogP contribution in [-0.2, 0) is 6.54 Å². The van der Waals surface area contributed by atoms with E-state index in [9.17, 15) is 8.78 Å². The van der Waals surface area contributed by atoms with Crippen LogP contribution in [0.3, 0.4) is 0 Å². The van der Waals surface area contributed by atoms with Crippen LogP contribution in [0.1, 0.15) is 42.1 Å². The fraction of sp³-hybridized carbons (Fsp3) is 0.250. The molecule has 1 saturated heterocycles. The fourth-order valence-corrected chi connectivity index (χ4v) is 4.77. The van der Waals surface area contributed by atoms with E-state index in [2.05, 4.69) is 54.9 Å². The van der Waals surface area contributed by atoms with Crippen molar-refractivity contribution < 1.29 is 8.78 Å². The predicted molar refractivity (Wildman–Crippen MR) is 153 cm³/mol. The van der Waals surface area contributed by atoms with Gasteiger partial charge < -0.3 is 20.5 Å². The van der Waals surface area contributed by atoms with E-state index in [0.29, 0.717) is 31.4 Å². The number of benzene rings is 3. The minimum Gasteiger partial charge on any atom is -0.381 e. The molecule has 1 fully saturated rings. The molecule has 1 aliphatic rings. The Balaban J connectivity index is 0.000000177. The molecule has 3 atom stereocenters. The molecule has 1 aromatic heterocycles. The first kappa shape index (κ1) is 27.1. The van der Waals surface area contributed by atoms with Crippen LogP contribution in [0.5, 0.6) is 0 Å². The summed E-state index contributed by atoms with van der Waals surface area (Å²) >= 11 is 0. The molecule has 4 nitrogen and oxygen atoms in total. The Bertz CT molecular complexity index is 1350. The van der Waals surface area contributed by atoms with Crippen molar-refractivity contribution in [2.75, 3.05) is 13.1 Å². The number of hydrogen-bond acceptors (Lipinski definition) is 3. The van der Waals surface area contributed by atoms with Gasteiger partial charge in [0.25, 0.3) is 0 Å². The van der Waals surface area contributed by atoms with Crippen molar-refractivity contribution in [2.24, 2.45) is 5.73 Å². The largest absolute Gasteiger partial charge is 0.381 e. The molecular weight excluding hydrogens is 478 g/mol. The standard InChI is InChI=1S/C17H20N2.C15H16F2N2/c1-3-19-17(15-7-5-4-6-8-15)16-11-9-14(10-12-16)13(2)18;1-11(18-7-5-12(16)10-18)9-19-8-6-13-14(17)3-2-4-15(13)19/h3-13,17,19H,1,18H2,2H3;2-4,6,8,12H,1,5,7,9-10H2. The van der Waals surface area contributed by atoms with Gasteiger partial charge in [-0.3, -0.25) is 0 Å². The summed E-state index contributed by atoms with van der Waals surface area (Å²) in [6.45, 7) is 11.5. The molecule has 5 rings (SSSR count). The smallest absolute Gasteiger partial charge is 0.132 e. The zero-order valence-electron chi connectivity index (χ0n) is 21.9. The lowest BCUT2D eigenvalue weighted by Gasteiger charge is -2.21. The normalized spacial score (nSPS) is 16.4. The lowest BCUT2D eigenvalue weighted by Crippen LogP contribution is -2.22. The molecule has 198 valence electrons. The topological polar surface area (TPSA) is 46.2 Å². The van der Waals surface area contributed by atoms with Gasteiger partial charge >= 0.3 is 0 Å². The van der Waals surface area contributed by atoms with Gasteiger partial charge in [0, 0.05) is 36.4 Å². The van der Waals surface area contributed by atoms with Crippen molar-refractivity contribution in [3.05, 3.63) is 133 Å². The maximum atomic E-state index is 13.6. The second-order valence-electron chi connectivity index (χ2n) is 9.68. The first-order chi connectivity index (χ1) is 18.4. The lowest BCUT2D eigenvalue weighted by atomic mass is 9.97. The average Bonchev–Trinajstić information content (AvgIpc) is 3.55. The van der Waals surface area contributed by atoms with Crippen LogP contribution in [0, 0.1) is 5.82 Å². The number of allylic oxidation sites excluding steroid dienone is 1. The van der Waals surface area contributed by atoms with Crippen LogP contribution in [0.15, 0.2) is 110 Å². The number of aromatic nitrogens is 1. The van der Waals surface area contributed by atoms with Crippen LogP contribution in [0.2, 0.25) is 0 Å². The van der Waals surface area contributed by atoms with Gasteiger partial charge in [0.05, 0.1) is 18.1 Å². The third kappa shape index (κ3) is 6.50. The number of fused-ring (bicyclic) bond motifs is 1. The van der Waals surface area contributed by atoms with E-state index in [1.807, 2.05) is 46.9 Å². The van der Waals surface area contributed by atoms with E-state index < -0.39 is 6.17 Å². The first-order valence-electron chi connectivity index (χ1n) is 12.9. The maximum absolute atomic E-state index is 13.6. The highest BCUT2D eigenvalue weighted by Crippen LogP contribution is 2.24. The van der Waals surface area contributed by atoms with Crippen molar-refractivity contribution >= 4 is 10.9 Å². The second-order valence-corrected chi connectivity index (χ2v) is 9.68. The Morgan fingerprint density at radius 1 is 1.03 bits per heavy atom. The molecule has 2 heterocycles. The van der Waals surface area contributed by atoms with Crippen molar-refractivity contribution in [1.82, 2.24) is 14.8 Å². The minimum absolute atomic E-state index is 0.0663. The summed E-state index contributed by atoms with van der Waals surface area (Å²) < 4.78 is 28.7. The second kappa shape index (κ2) is 12.6. The molecule has 4 aromatic rings. The van der Waals surface area contributed by atoms with Crippen LogP contribution < -0.4 is 11.1 Å². The summed E-state index contributed by atoms with van der Waals surface area (Å²) in [7, 11) is 0. The number of rotatable bonds is 8. The van der Waals surface area contributed by atoms with Crippen molar-refractivity contribution in [1.29, 1.82) is 0 Å². The Labute approximate surface area is 224 Å². The van der Waals surface area contributed by atoms with Gasteiger partial charge in [0.1, 0.15) is 12.0 Å². The molecule has 0 bridgehead atoms. The van der Waals surface area contributed by atoms with Gasteiger partial charge in [-0.15, -0.1) is 0 Å². The first-order valence-corrected chi connectivity index (χ1v) is 12.9. The van der Waals surface area contributed by atoms with Gasteiger partial charge in [0.2, 0.25) is 0 Å². The highest BCUT2D eigenvalue weighted by molar-refractivity contribution is 5.80. The third-order valence-corrected chi connectivity index (χ3v) is 6.90.